The SMILES string of the molecule is Cc1ccc(C(CN=C(N)Nc2ccccc2OC(F)(F)F)N(C)C)cc1. The molecule has 146 valence electrons. The van der Waals surface area contributed by atoms with Crippen LogP contribution in [0.3, 0.4) is 0 Å². The monoisotopic (exact) mass is 380 g/mol. The van der Waals surface area contributed by atoms with Crippen molar-refractivity contribution in [1.82, 2.24) is 4.90 Å². The van der Waals surface area contributed by atoms with E-state index in [4.69, 9.17) is 5.73 Å². The van der Waals surface area contributed by atoms with Gasteiger partial charge in [-0.2, -0.15) is 0 Å². The van der Waals surface area contributed by atoms with Crippen molar-refractivity contribution in [3.8, 4) is 5.75 Å². The highest BCUT2D eigenvalue weighted by Crippen LogP contribution is 2.29. The third kappa shape index (κ3) is 6.49. The van der Waals surface area contributed by atoms with Gasteiger partial charge in [0.1, 0.15) is 0 Å². The summed E-state index contributed by atoms with van der Waals surface area (Å²) in [5, 5.41) is 2.67. The minimum absolute atomic E-state index is 0.00665. The molecule has 0 aromatic heterocycles. The van der Waals surface area contributed by atoms with Gasteiger partial charge in [-0.25, -0.2) is 0 Å². The molecule has 2 rings (SSSR count). The van der Waals surface area contributed by atoms with Crippen LogP contribution in [0.2, 0.25) is 0 Å². The number of halogens is 3. The molecule has 0 saturated carbocycles. The van der Waals surface area contributed by atoms with Crippen LogP contribution < -0.4 is 15.8 Å². The number of aliphatic imine (C=N–C) groups is 1. The lowest BCUT2D eigenvalue weighted by molar-refractivity contribution is -0.274. The van der Waals surface area contributed by atoms with Crippen LogP contribution in [0.4, 0.5) is 18.9 Å². The molecule has 0 amide bonds. The Balaban J connectivity index is 2.12. The molecule has 1 atom stereocenters. The predicted molar refractivity (Wildman–Crippen MR) is 101 cm³/mol. The summed E-state index contributed by atoms with van der Waals surface area (Å²) >= 11 is 0. The quantitative estimate of drug-likeness (QED) is 0.589. The van der Waals surface area contributed by atoms with Crippen LogP contribution in [0.5, 0.6) is 5.75 Å². The minimum Gasteiger partial charge on any atom is -0.404 e. The van der Waals surface area contributed by atoms with E-state index in [1.807, 2.05) is 50.2 Å². The maximum atomic E-state index is 12.5. The molecule has 8 heteroatoms. The number of ether oxygens (including phenoxy) is 1. The highest BCUT2D eigenvalue weighted by atomic mass is 19.4. The lowest BCUT2D eigenvalue weighted by atomic mass is 10.0. The summed E-state index contributed by atoms with van der Waals surface area (Å²) in [7, 11) is 3.85. The summed E-state index contributed by atoms with van der Waals surface area (Å²) in [5.74, 6) is -0.363. The van der Waals surface area contributed by atoms with Crippen molar-refractivity contribution >= 4 is 11.6 Å². The summed E-state index contributed by atoms with van der Waals surface area (Å²) in [4.78, 5) is 6.28. The van der Waals surface area contributed by atoms with E-state index in [1.165, 1.54) is 18.2 Å². The summed E-state index contributed by atoms with van der Waals surface area (Å²) in [6, 6.07) is 13.7. The fraction of sp³-hybridized carbons (Fsp3) is 0.316. The van der Waals surface area contributed by atoms with Crippen LogP contribution in [0.1, 0.15) is 17.2 Å². The predicted octanol–water partition coefficient (Wildman–Crippen LogP) is 3.92. The molecule has 0 fully saturated rings. The van der Waals surface area contributed by atoms with Crippen molar-refractivity contribution in [2.45, 2.75) is 19.3 Å². The first-order valence-corrected chi connectivity index (χ1v) is 8.30. The molecule has 0 aliphatic carbocycles. The molecule has 0 aliphatic heterocycles. The van der Waals surface area contributed by atoms with Gasteiger partial charge in [0, 0.05) is 0 Å². The Kier molecular flexibility index (Phi) is 6.68. The topological polar surface area (TPSA) is 62.9 Å². The van der Waals surface area contributed by atoms with Crippen molar-refractivity contribution < 1.29 is 17.9 Å². The molecule has 0 bridgehead atoms. The Morgan fingerprint density at radius 3 is 2.37 bits per heavy atom. The molecule has 0 heterocycles. The number of nitrogens with zero attached hydrogens (tertiary/aromatic N) is 2. The van der Waals surface area contributed by atoms with Crippen molar-refractivity contribution in [3.63, 3.8) is 0 Å². The highest BCUT2D eigenvalue weighted by molar-refractivity contribution is 5.93. The number of hydrogen-bond donors (Lipinski definition) is 2. The first-order valence-electron chi connectivity index (χ1n) is 8.30. The number of guanidine groups is 1. The van der Waals surface area contributed by atoms with Gasteiger partial charge in [-0.1, -0.05) is 42.0 Å². The van der Waals surface area contributed by atoms with E-state index in [1.54, 1.807) is 6.07 Å². The number of benzene rings is 2. The molecule has 3 N–H and O–H groups in total. The van der Waals surface area contributed by atoms with E-state index >= 15 is 0 Å². The summed E-state index contributed by atoms with van der Waals surface area (Å²) in [6.07, 6.45) is -4.79. The maximum Gasteiger partial charge on any atom is 0.573 e. The maximum absolute atomic E-state index is 12.5. The normalized spacial score (nSPS) is 13.5. The molecule has 27 heavy (non-hydrogen) atoms. The number of nitrogens with two attached hydrogens (primary N) is 1. The summed E-state index contributed by atoms with van der Waals surface area (Å²) in [5.41, 5.74) is 8.19. The van der Waals surface area contributed by atoms with Gasteiger partial charge in [0.15, 0.2) is 11.7 Å². The zero-order valence-electron chi connectivity index (χ0n) is 15.4. The number of rotatable bonds is 6. The molecular weight excluding hydrogens is 357 g/mol. The van der Waals surface area contributed by atoms with Gasteiger partial charge in [-0.05, 0) is 38.7 Å². The van der Waals surface area contributed by atoms with Gasteiger partial charge in [0.2, 0.25) is 0 Å². The van der Waals surface area contributed by atoms with Gasteiger partial charge in [0.05, 0.1) is 18.3 Å². The van der Waals surface area contributed by atoms with E-state index in [0.717, 1.165) is 11.1 Å². The molecule has 0 aliphatic rings. The first-order chi connectivity index (χ1) is 12.7. The first kappa shape index (κ1) is 20.6. The lowest BCUT2D eigenvalue weighted by Gasteiger charge is -2.23. The summed E-state index contributed by atoms with van der Waals surface area (Å²) < 4.78 is 41.5. The molecule has 0 saturated heterocycles. The van der Waals surface area contributed by atoms with Crippen molar-refractivity contribution in [1.29, 1.82) is 0 Å². The van der Waals surface area contributed by atoms with Gasteiger partial charge >= 0.3 is 6.36 Å². The van der Waals surface area contributed by atoms with Gasteiger partial charge in [0.25, 0.3) is 0 Å². The second-order valence-electron chi connectivity index (χ2n) is 6.28. The second-order valence-corrected chi connectivity index (χ2v) is 6.28. The minimum atomic E-state index is -4.79. The van der Waals surface area contributed by atoms with Crippen LogP contribution >= 0.6 is 0 Å². The number of alkyl halides is 3. The molecule has 5 nitrogen and oxygen atoms in total. The smallest absolute Gasteiger partial charge is 0.404 e. The Morgan fingerprint density at radius 2 is 1.78 bits per heavy atom. The number of aryl methyl sites for hydroxylation is 1. The van der Waals surface area contributed by atoms with E-state index < -0.39 is 6.36 Å². The third-order valence-electron chi connectivity index (χ3n) is 3.90. The number of para-hydroxylation sites is 2. The number of anilines is 1. The number of hydrogen-bond acceptors (Lipinski definition) is 3. The fourth-order valence-corrected chi connectivity index (χ4v) is 2.50. The van der Waals surface area contributed by atoms with Crippen LogP contribution in [0.15, 0.2) is 53.5 Å². The Bertz CT molecular complexity index is 773. The lowest BCUT2D eigenvalue weighted by Crippen LogP contribution is -2.28. The molecule has 1 unspecified atom stereocenters. The average molecular weight is 380 g/mol. The zero-order valence-corrected chi connectivity index (χ0v) is 15.4. The molecule has 2 aromatic carbocycles. The van der Waals surface area contributed by atoms with Gasteiger partial charge in [-0.3, -0.25) is 4.99 Å². The Hall–Kier alpha value is -2.74. The average Bonchev–Trinajstić information content (AvgIpc) is 2.57. The third-order valence-corrected chi connectivity index (χ3v) is 3.90. The molecule has 2 aromatic rings. The highest BCUT2D eigenvalue weighted by Gasteiger charge is 2.32. The second kappa shape index (κ2) is 8.77. The Labute approximate surface area is 156 Å². The van der Waals surface area contributed by atoms with E-state index in [9.17, 15) is 13.2 Å². The van der Waals surface area contributed by atoms with Crippen LogP contribution in [-0.4, -0.2) is 37.9 Å². The van der Waals surface area contributed by atoms with Crippen molar-refractivity contribution in [2.24, 2.45) is 10.7 Å². The van der Waals surface area contributed by atoms with E-state index in [2.05, 4.69) is 15.0 Å². The largest absolute Gasteiger partial charge is 0.573 e. The van der Waals surface area contributed by atoms with Crippen LogP contribution in [0, 0.1) is 6.92 Å². The van der Waals surface area contributed by atoms with Crippen molar-refractivity contribution in [2.75, 3.05) is 26.0 Å². The van der Waals surface area contributed by atoms with Crippen LogP contribution in [-0.2, 0) is 0 Å². The van der Waals surface area contributed by atoms with Gasteiger partial charge in [-0.15, -0.1) is 13.2 Å². The van der Waals surface area contributed by atoms with Crippen molar-refractivity contribution in [3.05, 3.63) is 59.7 Å². The van der Waals surface area contributed by atoms with Crippen LogP contribution in [0.25, 0.3) is 0 Å². The van der Waals surface area contributed by atoms with E-state index in [-0.39, 0.29) is 23.4 Å². The number of likely N-dealkylation sites (N-methyl/N-ethyl adjacent to an activating group) is 1. The Morgan fingerprint density at radius 1 is 1.15 bits per heavy atom. The fourth-order valence-electron chi connectivity index (χ4n) is 2.50. The molecular formula is C19H23F3N4O. The standard InChI is InChI=1S/C19H23F3N4O/c1-13-8-10-14(11-9-13)16(26(2)3)12-24-18(23)25-15-6-4-5-7-17(15)27-19(20,21)22/h4-11,16H,12H2,1-3H3,(H3,23,24,25). The molecule has 0 radical (unpaired) electrons. The van der Waals surface area contributed by atoms with Gasteiger partial charge < -0.3 is 20.7 Å². The number of nitrogens with one attached hydrogen (secondary N) is 1. The van der Waals surface area contributed by atoms with E-state index in [0.29, 0.717) is 6.54 Å². The summed E-state index contributed by atoms with van der Waals surface area (Å²) in [6.45, 7) is 2.35. The zero-order chi connectivity index (χ0) is 20.0. The molecule has 0 spiro atoms.